The first kappa shape index (κ1) is 19.6. The van der Waals surface area contributed by atoms with Gasteiger partial charge in [-0.2, -0.15) is 0 Å². The summed E-state index contributed by atoms with van der Waals surface area (Å²) < 4.78 is 26.5. The Morgan fingerprint density at radius 1 is 1.08 bits per heavy atom. The lowest BCUT2D eigenvalue weighted by Crippen LogP contribution is -2.51. The van der Waals surface area contributed by atoms with Gasteiger partial charge in [-0.05, 0) is 26.0 Å². The summed E-state index contributed by atoms with van der Waals surface area (Å²) in [6.07, 6.45) is 0. The lowest BCUT2D eigenvalue weighted by molar-refractivity contribution is -0.132. The summed E-state index contributed by atoms with van der Waals surface area (Å²) >= 11 is 5.87. The van der Waals surface area contributed by atoms with Crippen molar-refractivity contribution < 1.29 is 18.4 Å². The number of likely N-dealkylation sites (N-methyl/N-ethyl adjacent to an activating group) is 1. The molecule has 1 heterocycles. The predicted octanol–water partition coefficient (Wildman–Crippen LogP) is 2.24. The van der Waals surface area contributed by atoms with Gasteiger partial charge in [-0.1, -0.05) is 11.6 Å². The van der Waals surface area contributed by atoms with E-state index in [0.29, 0.717) is 45.8 Å². The molecule has 5 nitrogen and oxygen atoms in total. The third-order valence-corrected chi connectivity index (χ3v) is 4.69. The highest BCUT2D eigenvalue weighted by molar-refractivity contribution is 6.33. The Morgan fingerprint density at radius 2 is 1.64 bits per heavy atom. The smallest absolute Gasteiger partial charge is 0.255 e. The molecule has 0 unspecified atom stereocenters. The summed E-state index contributed by atoms with van der Waals surface area (Å²) in [5.74, 6) is -2.55. The van der Waals surface area contributed by atoms with Gasteiger partial charge in [-0.3, -0.25) is 14.5 Å². The van der Waals surface area contributed by atoms with E-state index < -0.39 is 17.5 Å². The third kappa shape index (κ3) is 4.67. The molecule has 2 amide bonds. The molecule has 0 saturated carbocycles. The number of carbonyl (C=O) groups excluding carboxylic acids is 2. The minimum absolute atomic E-state index is 0.0479. The minimum Gasteiger partial charge on any atom is -0.342 e. The van der Waals surface area contributed by atoms with Crippen molar-refractivity contribution in [1.82, 2.24) is 14.7 Å². The van der Waals surface area contributed by atoms with E-state index in [-0.39, 0.29) is 16.5 Å². The molecule has 8 heteroatoms. The molecular formula is C17H22ClF2N3O2. The lowest BCUT2D eigenvalue weighted by Gasteiger charge is -2.35. The Balaban J connectivity index is 1.95. The average Bonchev–Trinajstić information content (AvgIpc) is 2.59. The van der Waals surface area contributed by atoms with E-state index in [0.717, 1.165) is 12.1 Å². The number of rotatable bonds is 5. The van der Waals surface area contributed by atoms with Crippen molar-refractivity contribution >= 4 is 23.4 Å². The fraction of sp³-hybridized carbons (Fsp3) is 0.529. The minimum atomic E-state index is -1.10. The van der Waals surface area contributed by atoms with Crippen LogP contribution in [0.1, 0.15) is 24.2 Å². The van der Waals surface area contributed by atoms with Gasteiger partial charge in [0.25, 0.3) is 5.91 Å². The highest BCUT2D eigenvalue weighted by Crippen LogP contribution is 2.22. The van der Waals surface area contributed by atoms with Gasteiger partial charge in [0.2, 0.25) is 5.91 Å². The van der Waals surface area contributed by atoms with Crippen LogP contribution in [-0.2, 0) is 4.79 Å². The molecule has 138 valence electrons. The number of carbonyl (C=O) groups is 2. The van der Waals surface area contributed by atoms with Crippen LogP contribution in [-0.4, -0.2) is 72.3 Å². The molecule has 25 heavy (non-hydrogen) atoms. The van der Waals surface area contributed by atoms with Crippen LogP contribution in [0.2, 0.25) is 5.02 Å². The molecule has 0 aliphatic carbocycles. The normalized spacial score (nSPS) is 15.3. The lowest BCUT2D eigenvalue weighted by atomic mass is 10.1. The van der Waals surface area contributed by atoms with Crippen molar-refractivity contribution in [3.63, 3.8) is 0 Å². The van der Waals surface area contributed by atoms with Crippen molar-refractivity contribution in [3.8, 4) is 0 Å². The number of hydrogen-bond acceptors (Lipinski definition) is 3. The van der Waals surface area contributed by atoms with Crippen molar-refractivity contribution in [2.75, 3.05) is 45.8 Å². The van der Waals surface area contributed by atoms with Crippen LogP contribution in [0.15, 0.2) is 12.1 Å². The second-order valence-corrected chi connectivity index (χ2v) is 6.29. The first-order valence-corrected chi connectivity index (χ1v) is 8.69. The quantitative estimate of drug-likeness (QED) is 0.743. The number of amides is 2. The van der Waals surface area contributed by atoms with E-state index in [2.05, 4.69) is 0 Å². The molecule has 1 saturated heterocycles. The zero-order chi connectivity index (χ0) is 18.6. The summed E-state index contributed by atoms with van der Waals surface area (Å²) in [6, 6.07) is 1.64. The average molecular weight is 374 g/mol. The van der Waals surface area contributed by atoms with E-state index in [1.807, 2.05) is 18.7 Å². The number of halogens is 3. The largest absolute Gasteiger partial charge is 0.342 e. The van der Waals surface area contributed by atoms with Gasteiger partial charge in [0.1, 0.15) is 0 Å². The molecule has 2 rings (SSSR count). The topological polar surface area (TPSA) is 43.9 Å². The van der Waals surface area contributed by atoms with Crippen molar-refractivity contribution in [2.45, 2.75) is 13.8 Å². The fourth-order valence-electron chi connectivity index (χ4n) is 2.83. The highest BCUT2D eigenvalue weighted by Gasteiger charge is 2.26. The first-order chi connectivity index (χ1) is 11.9. The first-order valence-electron chi connectivity index (χ1n) is 8.31. The maximum absolute atomic E-state index is 13.4. The molecule has 1 aliphatic heterocycles. The second kappa shape index (κ2) is 8.58. The summed E-state index contributed by atoms with van der Waals surface area (Å²) in [7, 11) is 0. The molecule has 0 aromatic heterocycles. The molecule has 1 aromatic carbocycles. The van der Waals surface area contributed by atoms with E-state index >= 15 is 0 Å². The molecule has 1 aromatic rings. The molecule has 0 bridgehead atoms. The van der Waals surface area contributed by atoms with Gasteiger partial charge in [-0.25, -0.2) is 8.78 Å². The maximum Gasteiger partial charge on any atom is 0.255 e. The van der Waals surface area contributed by atoms with Crippen LogP contribution < -0.4 is 0 Å². The summed E-state index contributed by atoms with van der Waals surface area (Å²) in [6.45, 7) is 7.41. The molecule has 1 aliphatic rings. The molecule has 0 spiro atoms. The summed E-state index contributed by atoms with van der Waals surface area (Å²) in [4.78, 5) is 29.9. The number of piperazine rings is 1. The monoisotopic (exact) mass is 373 g/mol. The molecule has 0 atom stereocenters. The fourth-order valence-corrected chi connectivity index (χ4v) is 3.06. The number of benzene rings is 1. The third-order valence-electron chi connectivity index (χ3n) is 4.37. The molecular weight excluding hydrogens is 352 g/mol. The number of nitrogens with zero attached hydrogens (tertiary/aromatic N) is 3. The molecule has 1 fully saturated rings. The summed E-state index contributed by atoms with van der Waals surface area (Å²) in [5.41, 5.74) is -0.0479. The highest BCUT2D eigenvalue weighted by atomic mass is 35.5. The zero-order valence-corrected chi connectivity index (χ0v) is 15.2. The van der Waals surface area contributed by atoms with E-state index in [1.54, 1.807) is 4.90 Å². The van der Waals surface area contributed by atoms with Crippen molar-refractivity contribution in [3.05, 3.63) is 34.4 Å². The number of hydrogen-bond donors (Lipinski definition) is 0. The Labute approximate surface area is 151 Å². The van der Waals surface area contributed by atoms with E-state index in [1.165, 1.54) is 4.90 Å². The molecule has 0 radical (unpaired) electrons. The summed E-state index contributed by atoms with van der Waals surface area (Å²) in [5, 5.41) is -0.108. The Hall–Kier alpha value is -1.73. The molecule has 0 N–H and O–H groups in total. The SMILES string of the molecule is CCN(CC)C(=O)CN1CCN(C(=O)c2cc(F)c(F)cc2Cl)CC1. The van der Waals surface area contributed by atoms with Gasteiger partial charge in [0.05, 0.1) is 17.1 Å². The van der Waals surface area contributed by atoms with Crippen molar-refractivity contribution in [1.29, 1.82) is 0 Å². The predicted molar refractivity (Wildman–Crippen MR) is 91.6 cm³/mol. The van der Waals surface area contributed by atoms with Gasteiger partial charge in [0.15, 0.2) is 11.6 Å². The zero-order valence-electron chi connectivity index (χ0n) is 14.4. The van der Waals surface area contributed by atoms with Crippen LogP contribution >= 0.6 is 11.6 Å². The van der Waals surface area contributed by atoms with Gasteiger partial charge >= 0.3 is 0 Å². The van der Waals surface area contributed by atoms with Crippen LogP contribution in [0.25, 0.3) is 0 Å². The van der Waals surface area contributed by atoms with Crippen molar-refractivity contribution in [2.24, 2.45) is 0 Å². The van der Waals surface area contributed by atoms with Gasteiger partial charge in [-0.15, -0.1) is 0 Å². The Kier molecular flexibility index (Phi) is 6.72. The Bertz CT molecular complexity index is 645. The van der Waals surface area contributed by atoms with Crippen LogP contribution in [0.3, 0.4) is 0 Å². The van der Waals surface area contributed by atoms with Gasteiger partial charge in [0, 0.05) is 39.3 Å². The standard InChI is InChI=1S/C17H22ClF2N3O2/c1-3-22(4-2)16(24)11-21-5-7-23(8-6-21)17(25)12-9-14(19)15(20)10-13(12)18/h9-10H,3-8,11H2,1-2H3. The van der Waals surface area contributed by atoms with Crippen LogP contribution in [0, 0.1) is 11.6 Å². The van der Waals surface area contributed by atoms with E-state index in [9.17, 15) is 18.4 Å². The van der Waals surface area contributed by atoms with Crippen LogP contribution in [0.4, 0.5) is 8.78 Å². The maximum atomic E-state index is 13.4. The van der Waals surface area contributed by atoms with E-state index in [4.69, 9.17) is 11.6 Å². The Morgan fingerprint density at radius 3 is 2.20 bits per heavy atom. The van der Waals surface area contributed by atoms with Gasteiger partial charge < -0.3 is 9.80 Å². The van der Waals surface area contributed by atoms with Crippen LogP contribution in [0.5, 0.6) is 0 Å². The second-order valence-electron chi connectivity index (χ2n) is 5.88.